The van der Waals surface area contributed by atoms with E-state index in [2.05, 4.69) is 22.2 Å². The number of benzene rings is 2. The molecule has 5 N–H and O–H groups in total. The fourth-order valence-electron chi connectivity index (χ4n) is 5.56. The maximum Gasteiger partial charge on any atom is 0.278 e. The molecular weight excluding hydrogens is 722 g/mol. The Balaban J connectivity index is 0.00000244. The summed E-state index contributed by atoms with van der Waals surface area (Å²) in [4.78, 5) is 49.6. The second-order valence-electron chi connectivity index (χ2n) is 11.5. The second kappa shape index (κ2) is 21.9. The van der Waals surface area contributed by atoms with Gasteiger partial charge < -0.3 is 35.7 Å². The van der Waals surface area contributed by atoms with Gasteiger partial charge in [0.05, 0.1) is 47.3 Å². The second-order valence-corrected chi connectivity index (χ2v) is 12.0. The summed E-state index contributed by atoms with van der Waals surface area (Å²) in [6.07, 6.45) is 1.74. The van der Waals surface area contributed by atoms with E-state index < -0.39 is 17.3 Å². The zero-order chi connectivity index (χ0) is 40.5. The number of rotatable bonds is 15. The van der Waals surface area contributed by atoms with Gasteiger partial charge in [-0.1, -0.05) is 39.0 Å². The van der Waals surface area contributed by atoms with Crippen molar-refractivity contribution in [1.29, 1.82) is 0 Å². The monoisotopic (exact) mass is 772 g/mol. The van der Waals surface area contributed by atoms with E-state index in [4.69, 9.17) is 27.1 Å². The van der Waals surface area contributed by atoms with Gasteiger partial charge in [0.1, 0.15) is 23.8 Å². The number of nitrogens with zero attached hydrogens (tertiary/aromatic N) is 5. The quantitative estimate of drug-likeness (QED) is 0.0725. The molecule has 0 unspecified atom stereocenters. The number of aliphatic imine (C=N–C) groups is 1. The molecule has 3 aromatic rings. The predicted molar refractivity (Wildman–Crippen MR) is 211 cm³/mol. The SMILES string of the molecule is C=C(N=c1n(CC(=O)Nc2ccc(F)cc2Cl)c(CC)c(N(CCNC=O)CC/C(N)=C(\O)C(C)=NC)c(=O)n1C)c1ccc2c(c1)CCO2.CC.CF. The highest BCUT2D eigenvalue weighted by molar-refractivity contribution is 6.33. The highest BCUT2D eigenvalue weighted by atomic mass is 35.5. The van der Waals surface area contributed by atoms with Crippen molar-refractivity contribution in [2.24, 2.45) is 22.8 Å². The number of aliphatic hydroxyl groups is 1. The molecule has 2 heterocycles. The number of carbonyl (C=O) groups excluding carboxylic acids is 2. The van der Waals surface area contributed by atoms with Crippen molar-refractivity contribution in [2.45, 2.75) is 53.5 Å². The maximum absolute atomic E-state index is 14.3. The van der Waals surface area contributed by atoms with Gasteiger partial charge in [-0.25, -0.2) is 9.38 Å². The molecule has 294 valence electrons. The van der Waals surface area contributed by atoms with Crippen LogP contribution in [0.3, 0.4) is 0 Å². The van der Waals surface area contributed by atoms with Crippen molar-refractivity contribution < 1.29 is 28.2 Å². The molecule has 1 aromatic heterocycles. The van der Waals surface area contributed by atoms with Crippen molar-refractivity contribution in [2.75, 3.05) is 50.7 Å². The van der Waals surface area contributed by atoms with E-state index >= 15 is 0 Å². The maximum atomic E-state index is 14.3. The van der Waals surface area contributed by atoms with Gasteiger partial charge in [0.25, 0.3) is 5.56 Å². The molecule has 1 aliphatic heterocycles. The summed E-state index contributed by atoms with van der Waals surface area (Å²) in [5, 5.41) is 15.9. The minimum atomic E-state index is -0.554. The van der Waals surface area contributed by atoms with Crippen LogP contribution in [0.5, 0.6) is 5.75 Å². The van der Waals surface area contributed by atoms with E-state index in [-0.39, 0.29) is 72.5 Å². The molecule has 0 saturated carbocycles. The third-order valence-corrected chi connectivity index (χ3v) is 8.62. The Hall–Kier alpha value is -5.44. The van der Waals surface area contributed by atoms with Crippen LogP contribution in [0.15, 0.2) is 69.2 Å². The van der Waals surface area contributed by atoms with Gasteiger partial charge in [-0.15, -0.1) is 0 Å². The molecule has 2 aromatic carbocycles. The Labute approximate surface area is 319 Å². The van der Waals surface area contributed by atoms with Gasteiger partial charge in [-0.2, -0.15) is 0 Å². The number of fused-ring (bicyclic) bond motifs is 1. The lowest BCUT2D eigenvalue weighted by Crippen LogP contribution is -2.47. The smallest absolute Gasteiger partial charge is 0.278 e. The van der Waals surface area contributed by atoms with Crippen LogP contribution in [0.4, 0.5) is 20.2 Å². The van der Waals surface area contributed by atoms with Gasteiger partial charge in [-0.05, 0) is 55.3 Å². The van der Waals surface area contributed by atoms with Crippen LogP contribution >= 0.6 is 11.6 Å². The van der Waals surface area contributed by atoms with Crippen molar-refractivity contribution >= 4 is 46.7 Å². The molecular formula is C38H51ClF2N8O5. The topological polar surface area (TPSA) is 169 Å². The molecule has 1 aliphatic rings. The summed E-state index contributed by atoms with van der Waals surface area (Å²) in [5.41, 5.74) is 9.48. The fourth-order valence-corrected chi connectivity index (χ4v) is 5.78. The third-order valence-electron chi connectivity index (χ3n) is 8.31. The minimum absolute atomic E-state index is 0.0187. The van der Waals surface area contributed by atoms with Gasteiger partial charge >= 0.3 is 0 Å². The summed E-state index contributed by atoms with van der Waals surface area (Å²) >= 11 is 6.21. The van der Waals surface area contributed by atoms with Gasteiger partial charge in [0.2, 0.25) is 17.9 Å². The number of allylic oxidation sites excluding steroid dienone is 1. The van der Waals surface area contributed by atoms with Crippen molar-refractivity contribution in [1.82, 2.24) is 14.5 Å². The van der Waals surface area contributed by atoms with E-state index in [1.54, 1.807) is 23.4 Å². The molecule has 16 heteroatoms. The number of aliphatic hydroxyl groups excluding tert-OH is 1. The van der Waals surface area contributed by atoms with Crippen LogP contribution in [-0.4, -0.2) is 72.7 Å². The number of carbonyl (C=O) groups is 2. The molecule has 0 fully saturated rings. The molecule has 0 radical (unpaired) electrons. The number of ether oxygens (including phenoxy) is 1. The first-order chi connectivity index (χ1) is 25.9. The zero-order valence-corrected chi connectivity index (χ0v) is 32.7. The summed E-state index contributed by atoms with van der Waals surface area (Å²) in [6.45, 7) is 12.5. The van der Waals surface area contributed by atoms with Crippen LogP contribution in [0.1, 0.15) is 50.9 Å². The molecule has 0 atom stereocenters. The third kappa shape index (κ3) is 11.3. The van der Waals surface area contributed by atoms with E-state index in [1.165, 1.54) is 23.7 Å². The molecule has 0 aliphatic carbocycles. The minimum Gasteiger partial charge on any atom is -0.504 e. The summed E-state index contributed by atoms with van der Waals surface area (Å²) in [5.74, 6) is -0.428. The largest absolute Gasteiger partial charge is 0.504 e. The van der Waals surface area contributed by atoms with Crippen molar-refractivity contribution in [3.05, 3.63) is 98.1 Å². The summed E-state index contributed by atoms with van der Waals surface area (Å²) < 4.78 is 31.8. The van der Waals surface area contributed by atoms with Crippen LogP contribution in [0.2, 0.25) is 5.02 Å². The molecule has 0 spiro atoms. The lowest BCUT2D eigenvalue weighted by Gasteiger charge is -2.29. The number of hydrogen-bond acceptors (Lipinski definition) is 9. The van der Waals surface area contributed by atoms with Crippen molar-refractivity contribution in [3.8, 4) is 5.75 Å². The first kappa shape index (κ1) is 44.7. The predicted octanol–water partition coefficient (Wildman–Crippen LogP) is 5.06. The van der Waals surface area contributed by atoms with Gasteiger partial charge in [0.15, 0.2) is 5.76 Å². The molecule has 4 rings (SSSR count). The molecule has 0 saturated heterocycles. The first-order valence-corrected chi connectivity index (χ1v) is 17.8. The van der Waals surface area contributed by atoms with Gasteiger partial charge in [0, 0.05) is 52.1 Å². The number of halogens is 3. The number of alkyl halides is 1. The first-order valence-electron chi connectivity index (χ1n) is 17.4. The Kier molecular flexibility index (Phi) is 18.2. The average molecular weight is 773 g/mol. The van der Waals surface area contributed by atoms with Crippen LogP contribution < -0.4 is 37.2 Å². The molecule has 54 heavy (non-hydrogen) atoms. The standard InChI is InChI=1S/C35H42ClFN8O5.C2H6.CH3F/c1-6-29-32(44(15-13-40-20-46)14-11-27(38)33(48)22(3)39-4)34(49)43(5)35(41-21(2)23-7-10-30-24(17-23)12-16-50-30)45(29)19-31(47)42-28-9-8-25(37)18-26(28)36;2*1-2/h7-10,17-18,20,48H,2,6,11-16,19,38H2,1,3-5H3,(H,40,46)(H,42,47);1-2H3;1H3/b33-27+,39-22?,41-35?;;. The molecule has 13 nitrogen and oxygen atoms in total. The number of anilines is 2. The summed E-state index contributed by atoms with van der Waals surface area (Å²) in [6, 6.07) is 9.25. The van der Waals surface area contributed by atoms with Crippen molar-refractivity contribution in [3.63, 3.8) is 0 Å². The Bertz CT molecular complexity index is 1990. The lowest BCUT2D eigenvalue weighted by atomic mass is 10.1. The van der Waals surface area contributed by atoms with Crippen LogP contribution in [0.25, 0.3) is 5.70 Å². The highest BCUT2D eigenvalue weighted by Crippen LogP contribution is 2.28. The van der Waals surface area contributed by atoms with Gasteiger partial charge in [-0.3, -0.25) is 28.3 Å². The van der Waals surface area contributed by atoms with E-state index in [9.17, 15) is 28.3 Å². The lowest BCUT2D eigenvalue weighted by molar-refractivity contribution is -0.117. The van der Waals surface area contributed by atoms with Crippen LogP contribution in [0, 0.1) is 5.82 Å². The average Bonchev–Trinajstić information content (AvgIpc) is 3.66. The molecule has 2 amide bonds. The van der Waals surface area contributed by atoms with Crippen LogP contribution in [-0.2, 0) is 36.0 Å². The van der Waals surface area contributed by atoms with E-state index in [0.29, 0.717) is 42.9 Å². The Morgan fingerprint density at radius 1 is 1.20 bits per heavy atom. The normalized spacial score (nSPS) is 12.6. The Morgan fingerprint density at radius 3 is 2.54 bits per heavy atom. The number of nitrogens with two attached hydrogens (primary N) is 1. The molecule has 0 bridgehead atoms. The van der Waals surface area contributed by atoms with E-state index in [1.807, 2.05) is 39.0 Å². The fraction of sp³-hybridized carbons (Fsp3) is 0.395. The zero-order valence-electron chi connectivity index (χ0n) is 31.9. The number of amides is 2. The van der Waals surface area contributed by atoms with E-state index in [0.717, 1.165) is 23.8 Å². The Morgan fingerprint density at radius 2 is 1.91 bits per heavy atom. The number of nitrogens with one attached hydrogen (secondary N) is 2. The highest BCUT2D eigenvalue weighted by Gasteiger charge is 2.24. The number of hydrogen-bond donors (Lipinski definition) is 4. The number of aromatic nitrogens is 2. The summed E-state index contributed by atoms with van der Waals surface area (Å²) in [7, 11) is 3.58.